The molecule has 0 aliphatic heterocycles. The number of carbonyl (C=O) groups excluding carboxylic acids is 1. The van der Waals surface area contributed by atoms with Crippen LogP contribution in [0.4, 0.5) is 0 Å². The number of halogens is 1. The minimum atomic E-state index is 0.111. The maximum absolute atomic E-state index is 11.9. The van der Waals surface area contributed by atoms with Gasteiger partial charge in [-0.3, -0.25) is 4.79 Å². The summed E-state index contributed by atoms with van der Waals surface area (Å²) in [5.41, 5.74) is 0. The van der Waals surface area contributed by atoms with Crippen LogP contribution in [0, 0.1) is 18.8 Å². The van der Waals surface area contributed by atoms with Gasteiger partial charge in [0.2, 0.25) is 0 Å². The van der Waals surface area contributed by atoms with Gasteiger partial charge in [0.1, 0.15) is 0 Å². The molecule has 0 radical (unpaired) electrons. The second-order valence-electron chi connectivity index (χ2n) is 3.91. The van der Waals surface area contributed by atoms with Gasteiger partial charge in [0, 0.05) is 15.3 Å². The Bertz CT molecular complexity index is 322. The van der Waals surface area contributed by atoms with Gasteiger partial charge >= 0.3 is 0 Å². The Labute approximate surface area is 97.7 Å². The van der Waals surface area contributed by atoms with Crippen LogP contribution < -0.4 is 0 Å². The van der Waals surface area contributed by atoms with E-state index in [1.807, 2.05) is 19.9 Å². The molecule has 1 aromatic rings. The van der Waals surface area contributed by atoms with Gasteiger partial charge in [-0.15, -0.1) is 11.3 Å². The minimum Gasteiger partial charge on any atom is -0.293 e. The third kappa shape index (κ3) is 2.45. The number of aryl methyl sites for hydroxylation is 1. The first-order valence-corrected chi connectivity index (χ1v) is 6.34. The van der Waals surface area contributed by atoms with Gasteiger partial charge in [0.05, 0.1) is 4.88 Å². The van der Waals surface area contributed by atoms with Crippen LogP contribution in [0.5, 0.6) is 0 Å². The lowest BCUT2D eigenvalue weighted by atomic mass is 9.93. The molecule has 0 aliphatic carbocycles. The van der Waals surface area contributed by atoms with Gasteiger partial charge < -0.3 is 0 Å². The summed E-state index contributed by atoms with van der Waals surface area (Å²) in [7, 11) is 0. The molecule has 0 spiro atoms. The van der Waals surface area contributed by atoms with Crippen LogP contribution in [-0.4, -0.2) is 5.78 Å². The molecular weight excluding hydrogens is 260 g/mol. The smallest absolute Gasteiger partial charge is 0.175 e. The highest BCUT2D eigenvalue weighted by Crippen LogP contribution is 2.29. The molecular formula is C11H15BrOS. The first-order chi connectivity index (χ1) is 6.43. The molecule has 1 nitrogen and oxygen atoms in total. The first kappa shape index (κ1) is 11.9. The van der Waals surface area contributed by atoms with Gasteiger partial charge in [0.25, 0.3) is 0 Å². The predicted octanol–water partition coefficient (Wildman–Crippen LogP) is 4.29. The van der Waals surface area contributed by atoms with E-state index in [0.29, 0.717) is 5.92 Å². The second-order valence-corrected chi connectivity index (χ2v) is 6.02. The number of hydrogen-bond acceptors (Lipinski definition) is 2. The maximum atomic E-state index is 11.9. The summed E-state index contributed by atoms with van der Waals surface area (Å²) < 4.78 is 1.04. The lowest BCUT2D eigenvalue weighted by Gasteiger charge is -2.12. The molecule has 1 unspecified atom stereocenters. The number of carbonyl (C=O) groups is 1. The van der Waals surface area contributed by atoms with E-state index in [9.17, 15) is 4.79 Å². The van der Waals surface area contributed by atoms with E-state index in [1.54, 1.807) is 11.3 Å². The third-order valence-corrected chi connectivity index (χ3v) is 4.66. The van der Waals surface area contributed by atoms with E-state index >= 15 is 0 Å². The molecule has 0 aromatic carbocycles. The third-order valence-electron chi connectivity index (χ3n) is 2.51. The molecule has 0 saturated heterocycles. The van der Waals surface area contributed by atoms with Crippen molar-refractivity contribution < 1.29 is 4.79 Å². The first-order valence-electron chi connectivity index (χ1n) is 4.73. The van der Waals surface area contributed by atoms with Gasteiger partial charge in [-0.1, -0.05) is 20.8 Å². The maximum Gasteiger partial charge on any atom is 0.175 e. The van der Waals surface area contributed by atoms with Crippen molar-refractivity contribution in [2.45, 2.75) is 27.7 Å². The summed E-state index contributed by atoms with van der Waals surface area (Å²) in [6.07, 6.45) is 0. The lowest BCUT2D eigenvalue weighted by molar-refractivity contribution is 0.0904. The molecule has 0 N–H and O–H groups in total. The van der Waals surface area contributed by atoms with Crippen molar-refractivity contribution in [2.24, 2.45) is 11.8 Å². The fourth-order valence-electron chi connectivity index (χ4n) is 1.11. The zero-order valence-corrected chi connectivity index (χ0v) is 11.3. The number of ketones is 1. The molecule has 14 heavy (non-hydrogen) atoms. The Balaban J connectivity index is 2.90. The number of hydrogen-bond donors (Lipinski definition) is 0. The summed E-state index contributed by atoms with van der Waals surface area (Å²) in [4.78, 5) is 14.0. The molecule has 3 heteroatoms. The quantitative estimate of drug-likeness (QED) is 0.752. The van der Waals surface area contributed by atoms with E-state index < -0.39 is 0 Å². The normalized spacial score (nSPS) is 13.3. The van der Waals surface area contributed by atoms with Crippen LogP contribution in [-0.2, 0) is 0 Å². The van der Waals surface area contributed by atoms with Crippen LogP contribution in [0.2, 0.25) is 0 Å². The van der Waals surface area contributed by atoms with Crippen molar-refractivity contribution in [3.05, 3.63) is 20.3 Å². The average Bonchev–Trinajstić information content (AvgIpc) is 2.44. The molecule has 1 atom stereocenters. The van der Waals surface area contributed by atoms with E-state index in [-0.39, 0.29) is 11.7 Å². The predicted molar refractivity (Wildman–Crippen MR) is 65.1 cm³/mol. The lowest BCUT2D eigenvalue weighted by Crippen LogP contribution is -2.15. The van der Waals surface area contributed by atoms with Crippen LogP contribution in [0.3, 0.4) is 0 Å². The largest absolute Gasteiger partial charge is 0.293 e. The van der Waals surface area contributed by atoms with Crippen LogP contribution >= 0.6 is 27.3 Å². The standard InChI is InChI=1S/C11H15BrOS/c1-6(2)7(3)11(13)10-5-9(12)8(4)14-10/h5-7H,1-4H3. The Hall–Kier alpha value is -0.150. The zero-order valence-electron chi connectivity index (χ0n) is 8.93. The van der Waals surface area contributed by atoms with Crippen molar-refractivity contribution in [3.8, 4) is 0 Å². The highest BCUT2D eigenvalue weighted by molar-refractivity contribution is 9.10. The van der Waals surface area contributed by atoms with Crippen LogP contribution in [0.15, 0.2) is 10.5 Å². The zero-order chi connectivity index (χ0) is 10.9. The Morgan fingerprint density at radius 1 is 1.43 bits per heavy atom. The monoisotopic (exact) mass is 274 g/mol. The molecule has 78 valence electrons. The highest BCUT2D eigenvalue weighted by Gasteiger charge is 2.20. The summed E-state index contributed by atoms with van der Waals surface area (Å²) >= 11 is 5.00. The molecule has 0 bridgehead atoms. The van der Waals surface area contributed by atoms with Crippen molar-refractivity contribution in [2.75, 3.05) is 0 Å². The van der Waals surface area contributed by atoms with Crippen LogP contribution in [0.25, 0.3) is 0 Å². The fraction of sp³-hybridized carbons (Fsp3) is 0.545. The van der Waals surface area contributed by atoms with Gasteiger partial charge in [-0.2, -0.15) is 0 Å². The van der Waals surface area contributed by atoms with Crippen LogP contribution in [0.1, 0.15) is 35.3 Å². The average molecular weight is 275 g/mol. The fourth-order valence-corrected chi connectivity index (χ4v) is 2.68. The number of thiophene rings is 1. The summed E-state index contributed by atoms with van der Waals surface area (Å²) in [6, 6.07) is 1.93. The van der Waals surface area contributed by atoms with Crippen molar-refractivity contribution in [3.63, 3.8) is 0 Å². The summed E-state index contributed by atoms with van der Waals surface area (Å²) in [6.45, 7) is 8.18. The van der Waals surface area contributed by atoms with Gasteiger partial charge in [-0.05, 0) is 34.8 Å². The van der Waals surface area contributed by atoms with E-state index in [0.717, 1.165) is 9.35 Å². The van der Waals surface area contributed by atoms with Gasteiger partial charge in [-0.25, -0.2) is 0 Å². The molecule has 1 heterocycles. The molecule has 0 aliphatic rings. The van der Waals surface area contributed by atoms with Gasteiger partial charge in [0.15, 0.2) is 5.78 Å². The molecule has 0 saturated carbocycles. The SMILES string of the molecule is Cc1sc(C(=O)C(C)C(C)C)cc1Br. The Morgan fingerprint density at radius 3 is 2.36 bits per heavy atom. The number of Topliss-reactive ketones (excluding diaryl/α,β-unsaturated/α-hetero) is 1. The minimum absolute atomic E-state index is 0.111. The van der Waals surface area contributed by atoms with Crippen molar-refractivity contribution >= 4 is 33.0 Å². The highest BCUT2D eigenvalue weighted by atomic mass is 79.9. The molecule has 1 rings (SSSR count). The summed E-state index contributed by atoms with van der Waals surface area (Å²) in [5.74, 6) is 0.780. The number of rotatable bonds is 3. The molecule has 1 aromatic heterocycles. The topological polar surface area (TPSA) is 17.1 Å². The Morgan fingerprint density at radius 2 is 2.00 bits per heavy atom. The Kier molecular flexibility index (Phi) is 3.90. The summed E-state index contributed by atoms with van der Waals surface area (Å²) in [5, 5.41) is 0. The van der Waals surface area contributed by atoms with Crippen molar-refractivity contribution in [1.82, 2.24) is 0 Å². The molecule has 0 fully saturated rings. The van der Waals surface area contributed by atoms with Crippen molar-refractivity contribution in [1.29, 1.82) is 0 Å². The van der Waals surface area contributed by atoms with E-state index in [2.05, 4.69) is 29.8 Å². The van der Waals surface area contributed by atoms with E-state index in [4.69, 9.17) is 0 Å². The van der Waals surface area contributed by atoms with E-state index in [1.165, 1.54) is 4.88 Å². The molecule has 0 amide bonds. The second kappa shape index (κ2) is 4.58.